The van der Waals surface area contributed by atoms with Crippen LogP contribution in [0.15, 0.2) is 81.7 Å². The molecule has 0 aliphatic carbocycles. The quantitative estimate of drug-likeness (QED) is 0.512. The molecule has 2 heterocycles. The number of hydrogen-bond donors (Lipinski definition) is 3. The number of nitrogens with zero attached hydrogens (tertiary/aromatic N) is 5. The van der Waals surface area contributed by atoms with Gasteiger partial charge in [0.25, 0.3) is 5.91 Å². The third-order valence-electron chi connectivity index (χ3n) is 7.07. The first-order valence-corrected chi connectivity index (χ1v) is 13.6. The average Bonchev–Trinajstić information content (AvgIpc) is 2.93. The minimum Gasteiger partial charge on any atom is -0.383 e. The molecule has 9 nitrogen and oxygen atoms in total. The van der Waals surface area contributed by atoms with Crippen LogP contribution in [-0.2, 0) is 12.0 Å². The second-order valence-corrected chi connectivity index (χ2v) is 11.2. The molecule has 2 aromatic rings. The fourth-order valence-corrected chi connectivity index (χ4v) is 4.43. The zero-order chi connectivity index (χ0) is 28.9. The summed E-state index contributed by atoms with van der Waals surface area (Å²) < 4.78 is 0. The molecule has 0 bridgehead atoms. The predicted octanol–water partition coefficient (Wildman–Crippen LogP) is 4.03. The van der Waals surface area contributed by atoms with Crippen molar-refractivity contribution >= 4 is 29.5 Å². The Morgan fingerprint density at radius 2 is 1.82 bits per heavy atom. The molecule has 1 fully saturated rings. The highest BCUT2D eigenvalue weighted by molar-refractivity contribution is 6.41. The molecule has 40 heavy (non-hydrogen) atoms. The highest BCUT2D eigenvalue weighted by Crippen LogP contribution is 2.23. The van der Waals surface area contributed by atoms with Gasteiger partial charge in [-0.05, 0) is 48.2 Å². The van der Waals surface area contributed by atoms with Crippen molar-refractivity contribution in [1.29, 1.82) is 0 Å². The van der Waals surface area contributed by atoms with Crippen molar-refractivity contribution in [2.24, 2.45) is 20.7 Å². The lowest BCUT2D eigenvalue weighted by Crippen LogP contribution is -2.47. The molecule has 0 radical (unpaired) electrons. The van der Waals surface area contributed by atoms with Gasteiger partial charge in [-0.2, -0.15) is 0 Å². The summed E-state index contributed by atoms with van der Waals surface area (Å²) in [7, 11) is 2.10. The van der Waals surface area contributed by atoms with Crippen LogP contribution >= 0.6 is 0 Å². The Balaban J connectivity index is 1.51. The van der Waals surface area contributed by atoms with Crippen molar-refractivity contribution in [3.8, 4) is 0 Å². The number of benzene rings is 2. The van der Waals surface area contributed by atoms with Gasteiger partial charge in [0.15, 0.2) is 0 Å². The molecule has 2 aromatic carbocycles. The third-order valence-corrected chi connectivity index (χ3v) is 7.07. The number of guanidine groups is 1. The van der Waals surface area contributed by atoms with Gasteiger partial charge >= 0.3 is 0 Å². The Morgan fingerprint density at radius 3 is 2.48 bits per heavy atom. The lowest BCUT2D eigenvalue weighted by Gasteiger charge is -2.33. The van der Waals surface area contributed by atoms with Gasteiger partial charge in [0, 0.05) is 50.2 Å². The van der Waals surface area contributed by atoms with E-state index in [0.717, 1.165) is 37.3 Å². The van der Waals surface area contributed by atoms with E-state index in [-0.39, 0.29) is 11.3 Å². The van der Waals surface area contributed by atoms with Crippen LogP contribution < -0.4 is 16.4 Å². The van der Waals surface area contributed by atoms with E-state index >= 15 is 0 Å². The number of amides is 1. The summed E-state index contributed by atoms with van der Waals surface area (Å²) in [5, 5.41) is 6.27. The van der Waals surface area contributed by atoms with Crippen LogP contribution in [-0.4, -0.2) is 66.8 Å². The molecule has 4 rings (SSSR count). The summed E-state index contributed by atoms with van der Waals surface area (Å²) in [5.41, 5.74) is 12.1. The maximum Gasteiger partial charge on any atom is 0.251 e. The molecule has 0 atom stereocenters. The van der Waals surface area contributed by atoms with Gasteiger partial charge in [-0.25, -0.2) is 9.98 Å². The van der Waals surface area contributed by atoms with E-state index in [1.807, 2.05) is 19.1 Å². The van der Waals surface area contributed by atoms with Crippen molar-refractivity contribution in [3.05, 3.63) is 89.0 Å². The van der Waals surface area contributed by atoms with E-state index in [9.17, 15) is 4.79 Å². The molecule has 1 saturated heterocycles. The number of nitrogens with one attached hydrogen (secondary N) is 2. The van der Waals surface area contributed by atoms with Crippen LogP contribution in [0.3, 0.4) is 0 Å². The number of likely N-dealkylation sites (N-methyl/N-ethyl adjacent to an activating group) is 1. The van der Waals surface area contributed by atoms with Gasteiger partial charge in [0.2, 0.25) is 5.96 Å². The van der Waals surface area contributed by atoms with Crippen molar-refractivity contribution in [1.82, 2.24) is 15.1 Å². The van der Waals surface area contributed by atoms with Gasteiger partial charge in [0.1, 0.15) is 17.2 Å². The standard InChI is InChI=1S/C31H40N8O/c1-7-33-26-20-35-30(39-16-14-38(6)15-17-39)37-27(26)28(32)36-25-18-23(11-8-21(25)2)29(40)34-19-22-9-12-24(13-10-22)31(3,4)5/h7-13,18,20,36H,1,14-17,19,32H2,2-6H3,(H,34,40)/b28-27-,33-26-. The van der Waals surface area contributed by atoms with Crippen LogP contribution in [0.1, 0.15) is 47.8 Å². The highest BCUT2D eigenvalue weighted by atomic mass is 16.1. The van der Waals surface area contributed by atoms with E-state index in [1.165, 1.54) is 11.8 Å². The van der Waals surface area contributed by atoms with Crippen LogP contribution in [0.4, 0.5) is 5.69 Å². The van der Waals surface area contributed by atoms with Crippen LogP contribution in [0.2, 0.25) is 0 Å². The monoisotopic (exact) mass is 540 g/mol. The van der Waals surface area contributed by atoms with Crippen molar-refractivity contribution in [2.75, 3.05) is 38.5 Å². The first kappa shape index (κ1) is 28.8. The summed E-state index contributed by atoms with van der Waals surface area (Å²) in [6.07, 6.45) is 3.11. The number of anilines is 1. The van der Waals surface area contributed by atoms with Gasteiger partial charge < -0.3 is 26.2 Å². The largest absolute Gasteiger partial charge is 0.383 e. The molecule has 4 N–H and O–H groups in total. The van der Waals surface area contributed by atoms with E-state index in [2.05, 4.69) is 89.1 Å². The number of aliphatic imine (C=N–C) groups is 3. The Bertz CT molecular complexity index is 1370. The predicted molar refractivity (Wildman–Crippen MR) is 165 cm³/mol. The smallest absolute Gasteiger partial charge is 0.251 e. The first-order chi connectivity index (χ1) is 19.0. The molecular formula is C31H40N8O. The fourth-order valence-electron chi connectivity index (χ4n) is 4.43. The molecule has 0 saturated carbocycles. The molecule has 2 aliphatic rings. The molecule has 2 aliphatic heterocycles. The third kappa shape index (κ3) is 7.04. The molecule has 0 spiro atoms. The van der Waals surface area contributed by atoms with Gasteiger partial charge in [-0.3, -0.25) is 9.79 Å². The SMILES string of the molecule is C=C/N=C1/C=NC(N2CCN(C)CC2)=N/C1=C(/N)Nc1cc(C(=O)NCc2ccc(C(C)(C)C)cc2)ccc1C. The zero-order valence-corrected chi connectivity index (χ0v) is 24.2. The minimum atomic E-state index is -0.164. The minimum absolute atomic E-state index is 0.0877. The highest BCUT2D eigenvalue weighted by Gasteiger charge is 2.23. The van der Waals surface area contributed by atoms with Crippen molar-refractivity contribution in [2.45, 2.75) is 39.7 Å². The lowest BCUT2D eigenvalue weighted by atomic mass is 9.87. The lowest BCUT2D eigenvalue weighted by molar-refractivity contribution is 0.0951. The molecular weight excluding hydrogens is 500 g/mol. The van der Waals surface area contributed by atoms with Crippen molar-refractivity contribution < 1.29 is 4.79 Å². The number of nitrogens with two attached hydrogens (primary N) is 1. The second-order valence-electron chi connectivity index (χ2n) is 11.2. The Morgan fingerprint density at radius 1 is 1.12 bits per heavy atom. The van der Waals surface area contributed by atoms with Crippen LogP contribution in [0.5, 0.6) is 0 Å². The Kier molecular flexibility index (Phi) is 8.84. The average molecular weight is 541 g/mol. The maximum absolute atomic E-state index is 13.0. The molecule has 210 valence electrons. The number of allylic oxidation sites excluding steroid dienone is 1. The maximum atomic E-state index is 13.0. The molecule has 0 aromatic heterocycles. The number of piperazine rings is 1. The van der Waals surface area contributed by atoms with E-state index in [4.69, 9.17) is 10.7 Å². The van der Waals surface area contributed by atoms with Gasteiger partial charge in [-0.15, -0.1) is 0 Å². The molecule has 0 unspecified atom stereocenters. The van der Waals surface area contributed by atoms with Crippen LogP contribution in [0, 0.1) is 6.92 Å². The molecule has 9 heteroatoms. The van der Waals surface area contributed by atoms with Crippen molar-refractivity contribution in [3.63, 3.8) is 0 Å². The summed E-state index contributed by atoms with van der Waals surface area (Å²) in [5.74, 6) is 0.762. The summed E-state index contributed by atoms with van der Waals surface area (Å²) in [4.78, 5) is 31.0. The van der Waals surface area contributed by atoms with Crippen LogP contribution in [0.25, 0.3) is 0 Å². The van der Waals surface area contributed by atoms with E-state index < -0.39 is 0 Å². The summed E-state index contributed by atoms with van der Waals surface area (Å²) in [6, 6.07) is 13.8. The van der Waals surface area contributed by atoms with E-state index in [0.29, 0.717) is 41.0 Å². The van der Waals surface area contributed by atoms with E-state index in [1.54, 1.807) is 12.3 Å². The number of aryl methyl sites for hydroxylation is 1. The van der Waals surface area contributed by atoms with Gasteiger partial charge in [0.05, 0.1) is 6.21 Å². The zero-order valence-electron chi connectivity index (χ0n) is 24.2. The fraction of sp³-hybridized carbons (Fsp3) is 0.355. The molecule has 1 amide bonds. The number of hydrogen-bond acceptors (Lipinski definition) is 8. The Labute approximate surface area is 237 Å². The second kappa shape index (κ2) is 12.3. The number of carbonyl (C=O) groups is 1. The summed E-state index contributed by atoms with van der Waals surface area (Å²) in [6.45, 7) is 16.2. The topological polar surface area (TPSA) is 111 Å². The normalized spacial score (nSPS) is 18.4. The van der Waals surface area contributed by atoms with Gasteiger partial charge in [-0.1, -0.05) is 57.7 Å². The summed E-state index contributed by atoms with van der Waals surface area (Å²) >= 11 is 0. The first-order valence-electron chi connectivity index (χ1n) is 13.6. The Hall–Kier alpha value is -4.24. The number of carbonyl (C=O) groups excluding carboxylic acids is 1. The number of rotatable bonds is 6.